The molecule has 1 saturated heterocycles. The van der Waals surface area contributed by atoms with Gasteiger partial charge in [-0.05, 0) is 6.42 Å². The molecule has 1 heterocycles. The van der Waals surface area contributed by atoms with E-state index in [0.29, 0.717) is 26.2 Å². The zero-order valence-corrected chi connectivity index (χ0v) is 8.85. The summed E-state index contributed by atoms with van der Waals surface area (Å²) in [5.74, 6) is 0. The summed E-state index contributed by atoms with van der Waals surface area (Å²) in [6.07, 6.45) is 1.56. The molecule has 0 saturated carbocycles. The summed E-state index contributed by atoms with van der Waals surface area (Å²) in [5, 5.41) is 18.5. The molecule has 0 spiro atoms. The molecule has 1 unspecified atom stereocenters. The summed E-state index contributed by atoms with van der Waals surface area (Å²) in [6, 6.07) is 0. The lowest BCUT2D eigenvalue weighted by Gasteiger charge is -2.36. The van der Waals surface area contributed by atoms with Crippen LogP contribution >= 0.6 is 0 Å². The molecular formula is C10H21NO3. The van der Waals surface area contributed by atoms with Crippen LogP contribution in [-0.4, -0.2) is 60.2 Å². The first-order valence-corrected chi connectivity index (χ1v) is 5.38. The zero-order chi connectivity index (χ0) is 10.4. The molecule has 1 aliphatic heterocycles. The van der Waals surface area contributed by atoms with E-state index in [0.717, 1.165) is 19.4 Å². The minimum absolute atomic E-state index is 0.191. The van der Waals surface area contributed by atoms with Crippen molar-refractivity contribution in [1.82, 2.24) is 4.90 Å². The van der Waals surface area contributed by atoms with Crippen LogP contribution in [0, 0.1) is 0 Å². The monoisotopic (exact) mass is 203 g/mol. The van der Waals surface area contributed by atoms with Gasteiger partial charge in [-0.25, -0.2) is 0 Å². The number of hydrogen-bond acceptors (Lipinski definition) is 4. The van der Waals surface area contributed by atoms with Gasteiger partial charge in [0.1, 0.15) is 0 Å². The number of likely N-dealkylation sites (tertiary alicyclic amines) is 1. The number of hydrogen-bond donors (Lipinski definition) is 2. The van der Waals surface area contributed by atoms with Crippen LogP contribution in [-0.2, 0) is 4.74 Å². The van der Waals surface area contributed by atoms with E-state index in [1.54, 1.807) is 0 Å². The summed E-state index contributed by atoms with van der Waals surface area (Å²) in [6.45, 7) is 5.24. The standard InChI is InChI=1S/C10H21NO3/c1-2-3-4-14-8-10(13)7-11-5-9(12)6-11/h9-10,12-13H,2-8H2,1H3. The van der Waals surface area contributed by atoms with Gasteiger partial charge in [-0.1, -0.05) is 13.3 Å². The molecule has 1 atom stereocenters. The number of aliphatic hydroxyl groups excluding tert-OH is 2. The van der Waals surface area contributed by atoms with E-state index < -0.39 is 6.10 Å². The van der Waals surface area contributed by atoms with Crippen molar-refractivity contribution in [2.75, 3.05) is 32.8 Å². The maximum absolute atomic E-state index is 9.52. The van der Waals surface area contributed by atoms with Gasteiger partial charge in [0, 0.05) is 26.2 Å². The van der Waals surface area contributed by atoms with Crippen LogP contribution in [0.5, 0.6) is 0 Å². The number of β-amino-alcohol motifs (C(OH)–C–C–N with tert-alkyl or cyclic N) is 2. The number of nitrogens with zero attached hydrogens (tertiary/aromatic N) is 1. The second kappa shape index (κ2) is 6.35. The van der Waals surface area contributed by atoms with Crippen molar-refractivity contribution in [2.24, 2.45) is 0 Å². The molecule has 1 rings (SSSR count). The van der Waals surface area contributed by atoms with Crippen LogP contribution in [0.4, 0.5) is 0 Å². The lowest BCUT2D eigenvalue weighted by atomic mass is 10.1. The Balaban J connectivity index is 1.91. The molecule has 4 nitrogen and oxygen atoms in total. The normalized spacial score (nSPS) is 20.8. The fourth-order valence-corrected chi connectivity index (χ4v) is 1.51. The third kappa shape index (κ3) is 4.37. The predicted octanol–water partition coefficient (Wildman–Crippen LogP) is -0.160. The van der Waals surface area contributed by atoms with E-state index in [1.807, 2.05) is 4.90 Å². The number of rotatable bonds is 7. The third-order valence-corrected chi connectivity index (χ3v) is 2.36. The van der Waals surface area contributed by atoms with Gasteiger partial charge in [0.05, 0.1) is 18.8 Å². The average molecular weight is 203 g/mol. The van der Waals surface area contributed by atoms with Crippen LogP contribution in [0.15, 0.2) is 0 Å². The predicted molar refractivity (Wildman–Crippen MR) is 54.2 cm³/mol. The van der Waals surface area contributed by atoms with Gasteiger partial charge in [-0.2, -0.15) is 0 Å². The highest BCUT2D eigenvalue weighted by Crippen LogP contribution is 2.07. The fraction of sp³-hybridized carbons (Fsp3) is 1.00. The second-order valence-electron chi connectivity index (χ2n) is 3.95. The number of aliphatic hydroxyl groups is 2. The Bertz CT molecular complexity index is 148. The molecule has 0 bridgehead atoms. The lowest BCUT2D eigenvalue weighted by Crippen LogP contribution is -2.53. The molecular weight excluding hydrogens is 182 g/mol. The Morgan fingerprint density at radius 2 is 2.21 bits per heavy atom. The highest BCUT2D eigenvalue weighted by Gasteiger charge is 2.25. The van der Waals surface area contributed by atoms with E-state index in [4.69, 9.17) is 9.84 Å². The smallest absolute Gasteiger partial charge is 0.0900 e. The van der Waals surface area contributed by atoms with Crippen LogP contribution in [0.1, 0.15) is 19.8 Å². The molecule has 2 N–H and O–H groups in total. The van der Waals surface area contributed by atoms with Crippen molar-refractivity contribution in [3.8, 4) is 0 Å². The lowest BCUT2D eigenvalue weighted by molar-refractivity contribution is -0.0416. The van der Waals surface area contributed by atoms with Gasteiger partial charge in [0.2, 0.25) is 0 Å². The van der Waals surface area contributed by atoms with E-state index in [1.165, 1.54) is 0 Å². The molecule has 0 aromatic rings. The molecule has 0 aliphatic carbocycles. The zero-order valence-electron chi connectivity index (χ0n) is 8.85. The third-order valence-electron chi connectivity index (χ3n) is 2.36. The Morgan fingerprint density at radius 3 is 2.79 bits per heavy atom. The summed E-state index contributed by atoms with van der Waals surface area (Å²) in [7, 11) is 0. The maximum Gasteiger partial charge on any atom is 0.0900 e. The van der Waals surface area contributed by atoms with E-state index >= 15 is 0 Å². The fourth-order valence-electron chi connectivity index (χ4n) is 1.51. The summed E-state index contributed by atoms with van der Waals surface area (Å²) < 4.78 is 5.29. The minimum Gasteiger partial charge on any atom is -0.390 e. The van der Waals surface area contributed by atoms with E-state index in [9.17, 15) is 5.11 Å². The summed E-state index contributed by atoms with van der Waals surface area (Å²) in [5.41, 5.74) is 0. The van der Waals surface area contributed by atoms with E-state index in [-0.39, 0.29) is 6.10 Å². The Morgan fingerprint density at radius 1 is 1.50 bits per heavy atom. The Labute approximate surface area is 85.5 Å². The SMILES string of the molecule is CCCCOCC(O)CN1CC(O)C1. The van der Waals surface area contributed by atoms with Crippen LogP contribution in [0.2, 0.25) is 0 Å². The molecule has 0 radical (unpaired) electrons. The van der Waals surface area contributed by atoms with Crippen molar-refractivity contribution in [3.63, 3.8) is 0 Å². The van der Waals surface area contributed by atoms with Crippen molar-refractivity contribution in [2.45, 2.75) is 32.0 Å². The van der Waals surface area contributed by atoms with Gasteiger partial charge < -0.3 is 14.9 Å². The summed E-state index contributed by atoms with van der Waals surface area (Å²) in [4.78, 5) is 2.03. The largest absolute Gasteiger partial charge is 0.390 e. The number of unbranched alkanes of at least 4 members (excludes halogenated alkanes) is 1. The molecule has 84 valence electrons. The molecule has 1 aliphatic rings. The van der Waals surface area contributed by atoms with Gasteiger partial charge in [0.25, 0.3) is 0 Å². The first-order chi connectivity index (χ1) is 6.72. The van der Waals surface area contributed by atoms with Crippen LogP contribution < -0.4 is 0 Å². The van der Waals surface area contributed by atoms with E-state index in [2.05, 4.69) is 6.92 Å². The first kappa shape index (κ1) is 11.9. The van der Waals surface area contributed by atoms with Crippen molar-refractivity contribution in [3.05, 3.63) is 0 Å². The van der Waals surface area contributed by atoms with Crippen LogP contribution in [0.3, 0.4) is 0 Å². The molecule has 0 aromatic carbocycles. The van der Waals surface area contributed by atoms with Gasteiger partial charge in [-0.15, -0.1) is 0 Å². The van der Waals surface area contributed by atoms with Gasteiger partial charge >= 0.3 is 0 Å². The molecule has 1 fully saturated rings. The highest BCUT2D eigenvalue weighted by molar-refractivity contribution is 4.80. The topological polar surface area (TPSA) is 52.9 Å². The van der Waals surface area contributed by atoms with Crippen molar-refractivity contribution in [1.29, 1.82) is 0 Å². The summed E-state index contributed by atoms with van der Waals surface area (Å²) >= 11 is 0. The van der Waals surface area contributed by atoms with Gasteiger partial charge in [-0.3, -0.25) is 4.90 Å². The van der Waals surface area contributed by atoms with Crippen molar-refractivity contribution < 1.29 is 14.9 Å². The first-order valence-electron chi connectivity index (χ1n) is 5.38. The molecule has 4 heteroatoms. The minimum atomic E-state index is -0.417. The quantitative estimate of drug-likeness (QED) is 0.565. The molecule has 0 amide bonds. The van der Waals surface area contributed by atoms with Crippen molar-refractivity contribution >= 4 is 0 Å². The highest BCUT2D eigenvalue weighted by atomic mass is 16.5. The second-order valence-corrected chi connectivity index (χ2v) is 3.95. The Kier molecular flexibility index (Phi) is 5.40. The maximum atomic E-state index is 9.52. The van der Waals surface area contributed by atoms with Crippen LogP contribution in [0.25, 0.3) is 0 Å². The molecule has 14 heavy (non-hydrogen) atoms. The Hall–Kier alpha value is -0.160. The number of ether oxygens (including phenoxy) is 1. The average Bonchev–Trinajstić information content (AvgIpc) is 2.10. The van der Waals surface area contributed by atoms with Gasteiger partial charge in [0.15, 0.2) is 0 Å². The molecule has 0 aromatic heterocycles.